The normalized spacial score (nSPS) is 10.4. The van der Waals surface area contributed by atoms with Gasteiger partial charge in [0, 0.05) is 6.54 Å². The zero-order valence-corrected chi connectivity index (χ0v) is 12.2. The van der Waals surface area contributed by atoms with Gasteiger partial charge in [0.2, 0.25) is 0 Å². The summed E-state index contributed by atoms with van der Waals surface area (Å²) in [6.45, 7) is 9.89. The Labute approximate surface area is 115 Å². The summed E-state index contributed by atoms with van der Waals surface area (Å²) in [5.74, 6) is 1.30. The van der Waals surface area contributed by atoms with E-state index in [1.807, 2.05) is 18.2 Å². The largest absolute Gasteiger partial charge is 0.492 e. The molecule has 0 aliphatic heterocycles. The number of benzene rings is 1. The van der Waals surface area contributed by atoms with Gasteiger partial charge in [0.15, 0.2) is 0 Å². The van der Waals surface area contributed by atoms with Gasteiger partial charge in [0.1, 0.15) is 12.4 Å². The Balaban J connectivity index is 2.20. The van der Waals surface area contributed by atoms with Gasteiger partial charge in [-0.2, -0.15) is 0 Å². The van der Waals surface area contributed by atoms with Crippen LogP contribution in [-0.2, 0) is 0 Å². The van der Waals surface area contributed by atoms with Gasteiger partial charge < -0.3 is 15.4 Å². The lowest BCUT2D eigenvalue weighted by Gasteiger charge is -2.11. The fourth-order valence-electron chi connectivity index (χ4n) is 1.50. The lowest BCUT2D eigenvalue weighted by Crippen LogP contribution is -2.39. The number of nitrogens with one attached hydrogen (secondary N) is 2. The van der Waals surface area contributed by atoms with E-state index in [9.17, 15) is 4.79 Å². The predicted octanol–water partition coefficient (Wildman–Crippen LogP) is 2.64. The SMILES string of the molecule is Cc1ccc(OCCNC(=O)NCC(C)C)cc1C. The third-order valence-corrected chi connectivity index (χ3v) is 2.81. The number of ether oxygens (including phenoxy) is 1. The van der Waals surface area contributed by atoms with Gasteiger partial charge >= 0.3 is 6.03 Å². The molecule has 0 bridgehead atoms. The highest BCUT2D eigenvalue weighted by Gasteiger charge is 2.01. The molecule has 0 atom stereocenters. The molecular formula is C15H24N2O2. The molecule has 106 valence electrons. The molecule has 0 unspecified atom stereocenters. The van der Waals surface area contributed by atoms with Crippen molar-refractivity contribution in [3.8, 4) is 5.75 Å². The van der Waals surface area contributed by atoms with E-state index in [4.69, 9.17) is 4.74 Å². The summed E-state index contributed by atoms with van der Waals surface area (Å²) in [4.78, 5) is 11.4. The number of rotatable bonds is 6. The minimum absolute atomic E-state index is 0.141. The van der Waals surface area contributed by atoms with Gasteiger partial charge in [0.05, 0.1) is 6.54 Å². The van der Waals surface area contributed by atoms with E-state index in [1.165, 1.54) is 11.1 Å². The smallest absolute Gasteiger partial charge is 0.314 e. The Morgan fingerprint density at radius 3 is 2.58 bits per heavy atom. The molecule has 1 aromatic carbocycles. The van der Waals surface area contributed by atoms with Gasteiger partial charge in [0.25, 0.3) is 0 Å². The number of carbonyl (C=O) groups excluding carboxylic acids is 1. The lowest BCUT2D eigenvalue weighted by atomic mass is 10.1. The molecule has 0 aromatic heterocycles. The first-order valence-electron chi connectivity index (χ1n) is 6.71. The molecule has 19 heavy (non-hydrogen) atoms. The first-order valence-corrected chi connectivity index (χ1v) is 6.71. The summed E-state index contributed by atoms with van der Waals surface area (Å²) < 4.78 is 5.58. The van der Waals surface area contributed by atoms with Crippen molar-refractivity contribution in [2.75, 3.05) is 19.7 Å². The third-order valence-electron chi connectivity index (χ3n) is 2.81. The van der Waals surface area contributed by atoms with Gasteiger partial charge in [-0.3, -0.25) is 0 Å². The highest BCUT2D eigenvalue weighted by molar-refractivity contribution is 5.73. The second-order valence-electron chi connectivity index (χ2n) is 5.13. The van der Waals surface area contributed by atoms with E-state index in [2.05, 4.69) is 38.3 Å². The molecule has 1 aromatic rings. The molecule has 1 rings (SSSR count). The topological polar surface area (TPSA) is 50.4 Å². The molecule has 2 amide bonds. The van der Waals surface area contributed by atoms with Crippen molar-refractivity contribution < 1.29 is 9.53 Å². The number of hydrogen-bond donors (Lipinski definition) is 2. The van der Waals surface area contributed by atoms with Crippen molar-refractivity contribution >= 4 is 6.03 Å². The predicted molar refractivity (Wildman–Crippen MR) is 77.7 cm³/mol. The second kappa shape index (κ2) is 7.67. The van der Waals surface area contributed by atoms with Gasteiger partial charge in [-0.1, -0.05) is 19.9 Å². The van der Waals surface area contributed by atoms with Crippen LogP contribution >= 0.6 is 0 Å². The van der Waals surface area contributed by atoms with Gasteiger partial charge in [-0.05, 0) is 43.0 Å². The quantitative estimate of drug-likeness (QED) is 0.776. The summed E-state index contributed by atoms with van der Waals surface area (Å²) in [5, 5.41) is 5.55. The molecule has 0 heterocycles. The maximum Gasteiger partial charge on any atom is 0.314 e. The molecule has 4 heteroatoms. The summed E-state index contributed by atoms with van der Waals surface area (Å²) in [6.07, 6.45) is 0. The molecule has 0 spiro atoms. The Morgan fingerprint density at radius 1 is 1.21 bits per heavy atom. The number of urea groups is 1. The molecule has 0 saturated heterocycles. The van der Waals surface area contributed by atoms with Crippen molar-refractivity contribution in [1.29, 1.82) is 0 Å². The maximum atomic E-state index is 11.4. The first kappa shape index (κ1) is 15.3. The zero-order valence-electron chi connectivity index (χ0n) is 12.2. The van der Waals surface area contributed by atoms with E-state index in [0.717, 1.165) is 5.75 Å². The lowest BCUT2D eigenvalue weighted by molar-refractivity contribution is 0.235. The van der Waals surface area contributed by atoms with Crippen LogP contribution in [0.1, 0.15) is 25.0 Å². The zero-order chi connectivity index (χ0) is 14.3. The van der Waals surface area contributed by atoms with Crippen LogP contribution in [0.2, 0.25) is 0 Å². The van der Waals surface area contributed by atoms with E-state index >= 15 is 0 Å². The summed E-state index contributed by atoms with van der Waals surface area (Å²) in [7, 11) is 0. The Kier molecular flexibility index (Phi) is 6.19. The Morgan fingerprint density at radius 2 is 1.95 bits per heavy atom. The number of aryl methyl sites for hydroxylation is 2. The molecular weight excluding hydrogens is 240 g/mol. The van der Waals surface area contributed by atoms with Crippen molar-refractivity contribution in [1.82, 2.24) is 10.6 Å². The van der Waals surface area contributed by atoms with Crippen molar-refractivity contribution in [2.24, 2.45) is 5.92 Å². The minimum Gasteiger partial charge on any atom is -0.492 e. The highest BCUT2D eigenvalue weighted by Crippen LogP contribution is 2.15. The third kappa shape index (κ3) is 6.13. The minimum atomic E-state index is -0.141. The van der Waals surface area contributed by atoms with Gasteiger partial charge in [-0.25, -0.2) is 4.79 Å². The molecule has 2 N–H and O–H groups in total. The summed E-state index contributed by atoms with van der Waals surface area (Å²) in [5.41, 5.74) is 2.46. The van der Waals surface area contributed by atoms with Crippen LogP contribution in [0.3, 0.4) is 0 Å². The van der Waals surface area contributed by atoms with E-state index < -0.39 is 0 Å². The highest BCUT2D eigenvalue weighted by atomic mass is 16.5. The molecule has 0 aliphatic carbocycles. The van der Waals surface area contributed by atoms with Crippen LogP contribution in [0, 0.1) is 19.8 Å². The fourth-order valence-corrected chi connectivity index (χ4v) is 1.50. The number of amides is 2. The average Bonchev–Trinajstić information content (AvgIpc) is 2.36. The van der Waals surface area contributed by atoms with Gasteiger partial charge in [-0.15, -0.1) is 0 Å². The van der Waals surface area contributed by atoms with Crippen molar-refractivity contribution in [3.63, 3.8) is 0 Å². The summed E-state index contributed by atoms with van der Waals surface area (Å²) >= 11 is 0. The van der Waals surface area contributed by atoms with Crippen LogP contribution < -0.4 is 15.4 Å². The van der Waals surface area contributed by atoms with Crippen LogP contribution in [0.4, 0.5) is 4.79 Å². The van der Waals surface area contributed by atoms with E-state index in [0.29, 0.717) is 25.6 Å². The number of carbonyl (C=O) groups is 1. The van der Waals surface area contributed by atoms with Crippen LogP contribution in [0.15, 0.2) is 18.2 Å². The molecule has 0 fully saturated rings. The standard InChI is InChI=1S/C15H24N2O2/c1-11(2)10-17-15(18)16-7-8-19-14-6-5-12(3)13(4)9-14/h5-6,9,11H,7-8,10H2,1-4H3,(H2,16,17,18). The average molecular weight is 264 g/mol. The summed E-state index contributed by atoms with van der Waals surface area (Å²) in [6, 6.07) is 5.85. The molecule has 4 nitrogen and oxygen atoms in total. The van der Waals surface area contributed by atoms with E-state index in [-0.39, 0.29) is 6.03 Å². The second-order valence-corrected chi connectivity index (χ2v) is 5.13. The fraction of sp³-hybridized carbons (Fsp3) is 0.533. The Bertz CT molecular complexity index is 417. The van der Waals surface area contributed by atoms with Crippen LogP contribution in [0.25, 0.3) is 0 Å². The van der Waals surface area contributed by atoms with Crippen LogP contribution in [-0.4, -0.2) is 25.7 Å². The van der Waals surface area contributed by atoms with Crippen molar-refractivity contribution in [3.05, 3.63) is 29.3 Å². The van der Waals surface area contributed by atoms with E-state index in [1.54, 1.807) is 0 Å². The molecule has 0 aliphatic rings. The monoisotopic (exact) mass is 264 g/mol. The van der Waals surface area contributed by atoms with Crippen molar-refractivity contribution in [2.45, 2.75) is 27.7 Å². The van der Waals surface area contributed by atoms with Crippen LogP contribution in [0.5, 0.6) is 5.75 Å². The molecule has 0 saturated carbocycles. The number of hydrogen-bond acceptors (Lipinski definition) is 2. The first-order chi connectivity index (χ1) is 8.99. The molecule has 0 radical (unpaired) electrons. The maximum absolute atomic E-state index is 11.4. The Hall–Kier alpha value is -1.71.